The molecule has 0 saturated carbocycles. The number of nitrogens with two attached hydrogens (primary N) is 1. The molecule has 0 radical (unpaired) electrons. The molecule has 21 heavy (non-hydrogen) atoms. The molecule has 3 aromatic rings. The Hall–Kier alpha value is -2.19. The van der Waals surface area contributed by atoms with Crippen LogP contribution < -0.4 is 5.73 Å². The van der Waals surface area contributed by atoms with Crippen LogP contribution in [0.25, 0.3) is 10.9 Å². The Bertz CT molecular complexity index is 804. The van der Waals surface area contributed by atoms with E-state index in [0.717, 1.165) is 22.0 Å². The fourth-order valence-corrected chi connectivity index (χ4v) is 2.62. The van der Waals surface area contributed by atoms with Crippen molar-refractivity contribution < 1.29 is 0 Å². The van der Waals surface area contributed by atoms with Crippen molar-refractivity contribution in [1.29, 1.82) is 0 Å². The zero-order valence-electron chi connectivity index (χ0n) is 12.7. The van der Waals surface area contributed by atoms with Crippen molar-refractivity contribution >= 4 is 10.9 Å². The maximum atomic E-state index is 6.64. The van der Waals surface area contributed by atoms with Crippen LogP contribution in [0.5, 0.6) is 0 Å². The second-order valence-corrected chi connectivity index (χ2v) is 5.91. The highest BCUT2D eigenvalue weighted by Crippen LogP contribution is 2.29. The molecule has 1 heterocycles. The van der Waals surface area contributed by atoms with Gasteiger partial charge in [-0.15, -0.1) is 0 Å². The second kappa shape index (κ2) is 4.97. The second-order valence-electron chi connectivity index (χ2n) is 5.91. The van der Waals surface area contributed by atoms with E-state index in [-0.39, 0.29) is 0 Å². The Labute approximate surface area is 125 Å². The first kappa shape index (κ1) is 13.8. The molecule has 0 saturated heterocycles. The van der Waals surface area contributed by atoms with Gasteiger partial charge in [-0.25, -0.2) is 0 Å². The van der Waals surface area contributed by atoms with E-state index in [4.69, 9.17) is 5.73 Å². The monoisotopic (exact) mass is 276 g/mol. The summed E-state index contributed by atoms with van der Waals surface area (Å²) in [5, 5.41) is 1.14. The first-order valence-electron chi connectivity index (χ1n) is 7.20. The fourth-order valence-electron chi connectivity index (χ4n) is 2.62. The topological polar surface area (TPSA) is 38.9 Å². The fraction of sp³-hybridized carbons (Fsp3) is 0.211. The highest BCUT2D eigenvalue weighted by Gasteiger charge is 2.24. The summed E-state index contributed by atoms with van der Waals surface area (Å²) in [6.45, 7) is 6.30. The molecule has 0 aliphatic rings. The summed E-state index contributed by atoms with van der Waals surface area (Å²) in [5.74, 6) is 0. The Morgan fingerprint density at radius 2 is 1.62 bits per heavy atom. The van der Waals surface area contributed by atoms with E-state index < -0.39 is 5.54 Å². The highest BCUT2D eigenvalue weighted by molar-refractivity contribution is 5.79. The van der Waals surface area contributed by atoms with E-state index in [2.05, 4.69) is 68.2 Å². The molecule has 1 aromatic heterocycles. The highest BCUT2D eigenvalue weighted by atomic mass is 14.7. The molecule has 3 rings (SSSR count). The molecule has 1 unspecified atom stereocenters. The lowest BCUT2D eigenvalue weighted by Crippen LogP contribution is -2.34. The van der Waals surface area contributed by atoms with Crippen molar-refractivity contribution in [1.82, 2.24) is 4.98 Å². The van der Waals surface area contributed by atoms with Gasteiger partial charge in [0.1, 0.15) is 0 Å². The molecule has 2 heteroatoms. The lowest BCUT2D eigenvalue weighted by Gasteiger charge is -2.27. The Balaban J connectivity index is 2.12. The van der Waals surface area contributed by atoms with Gasteiger partial charge < -0.3 is 5.73 Å². The summed E-state index contributed by atoms with van der Waals surface area (Å²) in [4.78, 5) is 4.43. The first-order valence-corrected chi connectivity index (χ1v) is 7.20. The van der Waals surface area contributed by atoms with Crippen LogP contribution in [0.4, 0.5) is 0 Å². The zero-order chi connectivity index (χ0) is 15.0. The van der Waals surface area contributed by atoms with E-state index in [1.54, 1.807) is 0 Å². The average molecular weight is 276 g/mol. The minimum atomic E-state index is -0.524. The molecule has 106 valence electrons. The van der Waals surface area contributed by atoms with E-state index in [0.29, 0.717) is 0 Å². The summed E-state index contributed by atoms with van der Waals surface area (Å²) < 4.78 is 0. The number of fused-ring (bicyclic) bond motifs is 1. The van der Waals surface area contributed by atoms with Crippen molar-refractivity contribution in [2.75, 3.05) is 0 Å². The van der Waals surface area contributed by atoms with Crippen molar-refractivity contribution in [3.63, 3.8) is 0 Å². The maximum Gasteiger partial charge on any atom is 0.0705 e. The van der Waals surface area contributed by atoms with Gasteiger partial charge in [0.2, 0.25) is 0 Å². The van der Waals surface area contributed by atoms with Crippen LogP contribution in [0, 0.1) is 13.8 Å². The lowest BCUT2D eigenvalue weighted by atomic mass is 9.84. The Morgan fingerprint density at radius 3 is 2.38 bits per heavy atom. The van der Waals surface area contributed by atoms with Gasteiger partial charge in [0, 0.05) is 11.6 Å². The molecule has 0 bridgehead atoms. The number of rotatable bonds is 2. The molecule has 0 aliphatic heterocycles. The molecule has 2 aromatic carbocycles. The largest absolute Gasteiger partial charge is 0.318 e. The van der Waals surface area contributed by atoms with Crippen LogP contribution >= 0.6 is 0 Å². The third kappa shape index (κ3) is 2.43. The Kier molecular flexibility index (Phi) is 3.26. The number of aromatic nitrogens is 1. The smallest absolute Gasteiger partial charge is 0.0705 e. The number of pyridine rings is 1. The summed E-state index contributed by atoms with van der Waals surface area (Å²) >= 11 is 0. The quantitative estimate of drug-likeness (QED) is 0.766. The van der Waals surface area contributed by atoms with Gasteiger partial charge in [0.05, 0.1) is 11.1 Å². The van der Waals surface area contributed by atoms with E-state index in [9.17, 15) is 0 Å². The van der Waals surface area contributed by atoms with Crippen LogP contribution in [0.1, 0.15) is 29.2 Å². The van der Waals surface area contributed by atoms with Crippen molar-refractivity contribution in [2.45, 2.75) is 26.3 Å². The van der Waals surface area contributed by atoms with Crippen molar-refractivity contribution in [2.24, 2.45) is 5.73 Å². The standard InChI is InChI=1S/C19H20N2/c1-13-6-8-16(11-14(13)2)19(3,20)17-9-7-15-5-4-10-21-18(15)12-17/h4-12H,20H2,1-3H3. The SMILES string of the molecule is Cc1ccc(C(C)(N)c2ccc3cccnc3c2)cc1C. The van der Waals surface area contributed by atoms with Gasteiger partial charge in [0.25, 0.3) is 0 Å². The molecule has 0 fully saturated rings. The van der Waals surface area contributed by atoms with Gasteiger partial charge in [-0.2, -0.15) is 0 Å². The molecule has 1 atom stereocenters. The number of hydrogen-bond acceptors (Lipinski definition) is 2. The normalized spacial score (nSPS) is 14.1. The molecular formula is C19H20N2. The van der Waals surface area contributed by atoms with Crippen LogP contribution in [-0.4, -0.2) is 4.98 Å². The summed E-state index contributed by atoms with van der Waals surface area (Å²) in [5.41, 5.74) is 11.9. The van der Waals surface area contributed by atoms with Crippen molar-refractivity contribution in [3.8, 4) is 0 Å². The van der Waals surface area contributed by atoms with Gasteiger partial charge in [-0.1, -0.05) is 36.4 Å². The lowest BCUT2D eigenvalue weighted by molar-refractivity contribution is 0.603. The van der Waals surface area contributed by atoms with Gasteiger partial charge in [0.15, 0.2) is 0 Å². The van der Waals surface area contributed by atoms with E-state index >= 15 is 0 Å². The Morgan fingerprint density at radius 1 is 0.905 bits per heavy atom. The number of nitrogens with zero attached hydrogens (tertiary/aromatic N) is 1. The molecule has 2 nitrogen and oxygen atoms in total. The number of hydrogen-bond donors (Lipinski definition) is 1. The summed E-state index contributed by atoms with van der Waals surface area (Å²) in [7, 11) is 0. The van der Waals surface area contributed by atoms with Crippen molar-refractivity contribution in [3.05, 3.63) is 77.0 Å². The summed E-state index contributed by atoms with van der Waals surface area (Å²) in [6, 6.07) is 16.7. The summed E-state index contributed by atoms with van der Waals surface area (Å²) in [6.07, 6.45) is 1.82. The van der Waals surface area contributed by atoms with Crippen LogP contribution in [-0.2, 0) is 5.54 Å². The molecular weight excluding hydrogens is 256 g/mol. The average Bonchev–Trinajstić information content (AvgIpc) is 2.49. The predicted molar refractivity (Wildman–Crippen MR) is 88.3 cm³/mol. The minimum absolute atomic E-state index is 0.524. The number of aryl methyl sites for hydroxylation is 2. The molecule has 0 aliphatic carbocycles. The van der Waals surface area contributed by atoms with Crippen LogP contribution in [0.3, 0.4) is 0 Å². The predicted octanol–water partition coefficient (Wildman–Crippen LogP) is 4.07. The number of benzene rings is 2. The van der Waals surface area contributed by atoms with Gasteiger partial charge in [-0.05, 0) is 55.2 Å². The zero-order valence-corrected chi connectivity index (χ0v) is 12.7. The van der Waals surface area contributed by atoms with E-state index in [1.807, 2.05) is 12.3 Å². The molecule has 2 N–H and O–H groups in total. The van der Waals surface area contributed by atoms with Crippen LogP contribution in [0.2, 0.25) is 0 Å². The van der Waals surface area contributed by atoms with Gasteiger partial charge in [-0.3, -0.25) is 4.98 Å². The van der Waals surface area contributed by atoms with E-state index in [1.165, 1.54) is 11.1 Å². The van der Waals surface area contributed by atoms with Gasteiger partial charge >= 0.3 is 0 Å². The molecule has 0 spiro atoms. The van der Waals surface area contributed by atoms with Crippen LogP contribution in [0.15, 0.2) is 54.7 Å². The minimum Gasteiger partial charge on any atom is -0.318 e. The third-order valence-corrected chi connectivity index (χ3v) is 4.31. The molecule has 0 amide bonds. The third-order valence-electron chi connectivity index (χ3n) is 4.31. The first-order chi connectivity index (χ1) is 9.98. The maximum absolute atomic E-state index is 6.64.